The summed E-state index contributed by atoms with van der Waals surface area (Å²) in [5, 5.41) is 0. The van der Waals surface area contributed by atoms with Crippen molar-refractivity contribution in [2.45, 2.75) is 12.1 Å². The fourth-order valence-corrected chi connectivity index (χ4v) is 10.4. The molecule has 4 heterocycles. The summed E-state index contributed by atoms with van der Waals surface area (Å²) in [6.07, 6.45) is 0. The summed E-state index contributed by atoms with van der Waals surface area (Å²) in [4.78, 5) is 24.8. The highest BCUT2D eigenvalue weighted by Gasteiger charge is 3.04. The van der Waals surface area contributed by atoms with E-state index >= 15 is 0 Å². The van der Waals surface area contributed by atoms with Crippen LogP contribution in [0.5, 0.6) is 0 Å². The first-order valence-corrected chi connectivity index (χ1v) is 8.81. The molecule has 5 fully saturated rings. The smallest absolute Gasteiger partial charge is 0.260 e. The molecular weight excluding hydrogens is 278 g/mol. The van der Waals surface area contributed by atoms with Crippen LogP contribution in [0, 0.1) is 34.5 Å². The summed E-state index contributed by atoms with van der Waals surface area (Å²) in [5.74, 6) is 4.18. The average Bonchev–Trinajstić information content (AvgIpc) is 2.81. The summed E-state index contributed by atoms with van der Waals surface area (Å²) in [6, 6.07) is 0.334. The van der Waals surface area contributed by atoms with Crippen LogP contribution in [0.2, 0.25) is 0 Å². The Morgan fingerprint density at radius 2 is 1.45 bits per heavy atom. The Hall–Kier alpha value is -1.11. The maximum absolute atomic E-state index is 12.4. The fourth-order valence-electron chi connectivity index (χ4n) is 7.93. The molecule has 3 aliphatic heterocycles. The highest BCUT2D eigenvalue weighted by atomic mass is 32.2. The molecule has 2 bridgehead atoms. The molecule has 4 saturated carbocycles. The minimum Gasteiger partial charge on any atom is -0.260 e. The Bertz CT molecular complexity index is 841. The molecule has 0 radical (unpaired) electrons. The molecule has 7 heteroatoms. The van der Waals surface area contributed by atoms with Crippen LogP contribution in [-0.2, 0) is 17.8 Å². The largest absolute Gasteiger partial charge is 0.347 e. The van der Waals surface area contributed by atoms with Gasteiger partial charge in [0.1, 0.15) is 0 Å². The van der Waals surface area contributed by atoms with Crippen molar-refractivity contribution >= 4 is 10.8 Å². The summed E-state index contributed by atoms with van der Waals surface area (Å²) < 4.78 is 17.0. The molecule has 1 aromatic heterocycles. The van der Waals surface area contributed by atoms with Crippen molar-refractivity contribution in [3.8, 4) is 0 Å². The number of hydrogen-bond acceptors (Lipinski definition) is 3. The Balaban J connectivity index is 1.67. The molecule has 104 valence electrons. The molecule has 0 N–H and O–H groups in total. The van der Waals surface area contributed by atoms with Gasteiger partial charge in [0.05, 0.1) is 12.1 Å². The Kier molecular flexibility index (Phi) is 1.04. The minimum atomic E-state index is -0.755. The van der Waals surface area contributed by atoms with Crippen LogP contribution in [-0.4, -0.2) is 29.6 Å². The second-order valence-corrected chi connectivity index (χ2v) is 9.18. The van der Waals surface area contributed by atoms with Crippen LogP contribution in [0.25, 0.3) is 0 Å². The van der Waals surface area contributed by atoms with Gasteiger partial charge in [-0.1, -0.05) is 0 Å². The highest BCUT2D eigenvalue weighted by molar-refractivity contribution is 7.85. The van der Waals surface area contributed by atoms with Crippen LogP contribution in [0.15, 0.2) is 9.59 Å². The fraction of sp³-hybridized carbons (Fsp3) is 0.846. The maximum Gasteiger partial charge on any atom is 0.347 e. The predicted octanol–water partition coefficient (Wildman–Crippen LogP) is -1.30. The molecule has 9 atom stereocenters. The van der Waals surface area contributed by atoms with Crippen molar-refractivity contribution in [2.24, 2.45) is 41.5 Å². The van der Waals surface area contributed by atoms with E-state index in [0.717, 1.165) is 23.3 Å². The molecule has 4 aliphatic carbocycles. The van der Waals surface area contributed by atoms with Gasteiger partial charge >= 0.3 is 11.4 Å². The van der Waals surface area contributed by atoms with E-state index in [-0.39, 0.29) is 34.3 Å². The lowest BCUT2D eigenvalue weighted by molar-refractivity contribution is -0.533. The van der Waals surface area contributed by atoms with Gasteiger partial charge in [-0.3, -0.25) is 4.21 Å². The Morgan fingerprint density at radius 3 is 1.90 bits per heavy atom. The number of nitrogens with zero attached hydrogens (tertiary/aromatic N) is 3. The molecule has 8 rings (SSSR count). The van der Waals surface area contributed by atoms with Gasteiger partial charge in [0, 0.05) is 40.2 Å². The van der Waals surface area contributed by atoms with Crippen LogP contribution in [0.3, 0.4) is 0 Å². The minimum absolute atomic E-state index is 0.115. The number of hydrogen-bond donors (Lipinski definition) is 0. The zero-order valence-corrected chi connectivity index (χ0v) is 11.7. The molecule has 2 spiro atoms. The normalized spacial score (nSPS) is 64.3. The van der Waals surface area contributed by atoms with E-state index in [4.69, 9.17) is 0 Å². The number of rotatable bonds is 0. The second-order valence-electron chi connectivity index (χ2n) is 7.72. The molecule has 6 nitrogen and oxygen atoms in total. The van der Waals surface area contributed by atoms with Gasteiger partial charge < -0.3 is 0 Å². The Labute approximate surface area is 115 Å². The van der Waals surface area contributed by atoms with Crippen molar-refractivity contribution in [3.05, 3.63) is 21.0 Å². The lowest BCUT2D eigenvalue weighted by Crippen LogP contribution is -3.00. The van der Waals surface area contributed by atoms with Gasteiger partial charge in [-0.15, -0.1) is 0 Å². The molecular formula is C13H13N3O3S. The average molecular weight is 291 g/mol. The van der Waals surface area contributed by atoms with Crippen molar-refractivity contribution in [1.29, 1.82) is 0 Å². The van der Waals surface area contributed by atoms with Gasteiger partial charge in [-0.05, 0) is 23.7 Å². The topological polar surface area (TPSA) is 66.0 Å². The van der Waals surface area contributed by atoms with E-state index in [0.29, 0.717) is 11.8 Å². The van der Waals surface area contributed by atoms with Crippen molar-refractivity contribution in [3.63, 3.8) is 0 Å². The van der Waals surface area contributed by atoms with Crippen LogP contribution in [0.1, 0.15) is 12.1 Å². The van der Waals surface area contributed by atoms with E-state index < -0.39 is 10.8 Å². The summed E-state index contributed by atoms with van der Waals surface area (Å²) >= 11 is 0. The van der Waals surface area contributed by atoms with E-state index in [1.54, 1.807) is 16.4 Å². The second kappa shape index (κ2) is 2.14. The molecule has 1 saturated heterocycles. The first-order chi connectivity index (χ1) is 9.57. The lowest BCUT2D eigenvalue weighted by atomic mass is 9.06. The Morgan fingerprint density at radius 1 is 1.00 bits per heavy atom. The predicted molar refractivity (Wildman–Crippen MR) is 68.7 cm³/mol. The van der Waals surface area contributed by atoms with Gasteiger partial charge in [0.2, 0.25) is 0 Å². The van der Waals surface area contributed by atoms with Crippen molar-refractivity contribution in [2.75, 3.05) is 11.5 Å². The van der Waals surface area contributed by atoms with Crippen molar-refractivity contribution < 1.29 is 4.21 Å². The zero-order chi connectivity index (χ0) is 13.3. The van der Waals surface area contributed by atoms with Gasteiger partial charge in [0.15, 0.2) is 0 Å². The monoisotopic (exact) mass is 291 g/mol. The van der Waals surface area contributed by atoms with Crippen molar-refractivity contribution in [1.82, 2.24) is 13.9 Å². The highest BCUT2D eigenvalue weighted by Crippen LogP contribution is 3.03. The van der Waals surface area contributed by atoms with Crippen LogP contribution >= 0.6 is 0 Å². The van der Waals surface area contributed by atoms with Gasteiger partial charge in [-0.25, -0.2) is 23.5 Å². The van der Waals surface area contributed by atoms with E-state index in [1.807, 2.05) is 0 Å². The third-order valence-electron chi connectivity index (χ3n) is 8.03. The number of aromatic nitrogens is 3. The summed E-state index contributed by atoms with van der Waals surface area (Å²) in [7, 11) is 0.824. The zero-order valence-electron chi connectivity index (χ0n) is 10.9. The first-order valence-electron chi connectivity index (χ1n) is 7.32. The van der Waals surface area contributed by atoms with Gasteiger partial charge in [-0.2, -0.15) is 0 Å². The first kappa shape index (κ1) is 9.76. The van der Waals surface area contributed by atoms with Crippen LogP contribution < -0.4 is 11.4 Å². The molecule has 20 heavy (non-hydrogen) atoms. The lowest BCUT2D eigenvalue weighted by Gasteiger charge is -2.99. The third kappa shape index (κ3) is 0.484. The standard InChI is InChI=1S/C13H13N3O3S/c1-14-10(17)15-8-4-5-7-6(4)12(8)2-20(19)3-13(7,12)9(5)16(15)11(14)18/h4-9H,2-3H2,1H3/t4-,5-,6-,7+,8+,9-,12+,13-,20?/m0/s1. The molecule has 7 aliphatic rings. The summed E-state index contributed by atoms with van der Waals surface area (Å²) in [6.45, 7) is 0. The van der Waals surface area contributed by atoms with E-state index in [2.05, 4.69) is 0 Å². The maximum atomic E-state index is 12.4. The molecule has 1 unspecified atom stereocenters. The van der Waals surface area contributed by atoms with E-state index in [1.165, 1.54) is 4.57 Å². The van der Waals surface area contributed by atoms with Gasteiger partial charge in [0.25, 0.3) is 0 Å². The third-order valence-corrected chi connectivity index (χ3v) is 9.63. The molecule has 0 amide bonds. The summed E-state index contributed by atoms with van der Waals surface area (Å²) in [5.41, 5.74) is -0.107. The van der Waals surface area contributed by atoms with Crippen LogP contribution in [0.4, 0.5) is 0 Å². The molecule has 1 aromatic rings. The quantitative estimate of drug-likeness (QED) is 0.597. The SMILES string of the molecule is Cn1c(=O)n2n(c1=O)[C@@H]1[C@H]3[C@H]4[C@@H]5[C@H]3[C@]13CS(=O)C[C@@]53[C@H]42. The molecule has 0 aromatic carbocycles. The van der Waals surface area contributed by atoms with E-state index in [9.17, 15) is 13.8 Å².